The van der Waals surface area contributed by atoms with E-state index in [0.717, 1.165) is 11.3 Å². The minimum absolute atomic E-state index is 0.319. The Morgan fingerprint density at radius 1 is 1.29 bits per heavy atom. The van der Waals surface area contributed by atoms with Gasteiger partial charge in [-0.1, -0.05) is 12.1 Å². The number of hydrogen-bond acceptors (Lipinski definition) is 5. The van der Waals surface area contributed by atoms with Crippen molar-refractivity contribution in [2.45, 2.75) is 39.8 Å². The molecule has 0 radical (unpaired) electrons. The van der Waals surface area contributed by atoms with E-state index in [1.807, 2.05) is 13.8 Å². The number of aryl methyl sites for hydroxylation is 2. The lowest BCUT2D eigenvalue weighted by Gasteiger charge is -2.12. The molecule has 0 aliphatic carbocycles. The van der Waals surface area contributed by atoms with Gasteiger partial charge in [-0.2, -0.15) is 0 Å². The molecule has 0 saturated heterocycles. The number of ether oxygens (including phenoxy) is 1. The highest BCUT2D eigenvalue weighted by Gasteiger charge is 2.18. The van der Waals surface area contributed by atoms with Crippen LogP contribution >= 0.6 is 0 Å². The average Bonchev–Trinajstić information content (AvgIpc) is 2.89. The first-order valence-corrected chi connectivity index (χ1v) is 7.60. The molecule has 0 unspecified atom stereocenters. The summed E-state index contributed by atoms with van der Waals surface area (Å²) in [6.45, 7) is 5.68. The summed E-state index contributed by atoms with van der Waals surface area (Å²) in [6, 6.07) is 5.61. The van der Waals surface area contributed by atoms with Crippen LogP contribution < -0.4 is 10.1 Å². The third-order valence-corrected chi connectivity index (χ3v) is 3.69. The Morgan fingerprint density at radius 2 is 1.96 bits per heavy atom. The summed E-state index contributed by atoms with van der Waals surface area (Å²) >= 11 is 0. The number of benzene rings is 1. The van der Waals surface area contributed by atoms with Crippen LogP contribution in [0.4, 0.5) is 0 Å². The Bertz CT molecular complexity index is 702. The summed E-state index contributed by atoms with van der Waals surface area (Å²) in [6.07, 6.45) is 0.319. The van der Waals surface area contributed by atoms with Crippen molar-refractivity contribution in [2.24, 2.45) is 0 Å². The number of carboxylic acid groups (broad SMARTS) is 1. The molecule has 0 spiro atoms. The summed E-state index contributed by atoms with van der Waals surface area (Å²) < 4.78 is 10.7. The van der Waals surface area contributed by atoms with Crippen LogP contribution in [0.25, 0.3) is 0 Å². The van der Waals surface area contributed by atoms with E-state index in [-0.39, 0.29) is 0 Å². The largest absolute Gasteiger partial charge is 0.489 e. The van der Waals surface area contributed by atoms with Gasteiger partial charge in [0, 0.05) is 5.56 Å². The van der Waals surface area contributed by atoms with Crippen LogP contribution in [0.15, 0.2) is 28.8 Å². The number of rotatable bonds is 7. The first kappa shape index (κ1) is 17.5. The zero-order valence-corrected chi connectivity index (χ0v) is 13.8. The van der Waals surface area contributed by atoms with Crippen LogP contribution in [-0.4, -0.2) is 28.2 Å². The second kappa shape index (κ2) is 7.63. The molecule has 7 nitrogen and oxygen atoms in total. The number of nitrogens with one attached hydrogen (secondary N) is 1. The average molecular weight is 332 g/mol. The van der Waals surface area contributed by atoms with E-state index in [9.17, 15) is 9.59 Å². The topological polar surface area (TPSA) is 102 Å². The molecule has 2 aromatic rings. The molecule has 0 fully saturated rings. The molecular formula is C17H20N2O5. The maximum absolute atomic E-state index is 12.0. The van der Waals surface area contributed by atoms with E-state index >= 15 is 0 Å². The van der Waals surface area contributed by atoms with Crippen LogP contribution in [-0.2, 0) is 11.4 Å². The van der Waals surface area contributed by atoms with Crippen LogP contribution in [0, 0.1) is 13.8 Å². The molecule has 0 bridgehead atoms. The lowest BCUT2D eigenvalue weighted by Crippen LogP contribution is -2.40. The van der Waals surface area contributed by atoms with Crippen LogP contribution in [0.5, 0.6) is 5.75 Å². The van der Waals surface area contributed by atoms with Crippen LogP contribution in [0.1, 0.15) is 40.7 Å². The molecular weight excluding hydrogens is 312 g/mol. The molecule has 1 atom stereocenters. The maximum Gasteiger partial charge on any atom is 0.326 e. The number of amides is 1. The minimum atomic E-state index is -1.05. The normalized spacial score (nSPS) is 11.8. The number of carbonyl (C=O) groups excluding carboxylic acids is 1. The standard InChI is InChI=1S/C17H20N2O5/c1-4-15(17(21)22)18-16(20)12-5-7-13(8-6-12)23-9-14-10(2)19-24-11(14)3/h5-8,15H,4,9H2,1-3H3,(H,18,20)(H,21,22)/t15-/m0/s1. The number of carbonyl (C=O) groups is 2. The minimum Gasteiger partial charge on any atom is -0.489 e. The van der Waals surface area contributed by atoms with E-state index in [2.05, 4.69) is 10.5 Å². The van der Waals surface area contributed by atoms with Gasteiger partial charge in [0.05, 0.1) is 11.3 Å². The SMILES string of the molecule is CC[C@H](NC(=O)c1ccc(OCc2c(C)noc2C)cc1)C(=O)O. The van der Waals surface area contributed by atoms with Gasteiger partial charge in [0.2, 0.25) is 0 Å². The fourth-order valence-electron chi connectivity index (χ4n) is 2.15. The fourth-order valence-corrected chi connectivity index (χ4v) is 2.15. The number of nitrogens with zero attached hydrogens (tertiary/aromatic N) is 1. The Balaban J connectivity index is 1.97. The zero-order valence-electron chi connectivity index (χ0n) is 13.8. The molecule has 1 aromatic heterocycles. The summed E-state index contributed by atoms with van der Waals surface area (Å²) in [5, 5.41) is 15.3. The number of hydrogen-bond donors (Lipinski definition) is 2. The third-order valence-electron chi connectivity index (χ3n) is 3.69. The molecule has 128 valence electrons. The van der Waals surface area contributed by atoms with Crippen molar-refractivity contribution in [1.29, 1.82) is 0 Å². The van der Waals surface area contributed by atoms with Gasteiger partial charge in [-0.05, 0) is 44.5 Å². The summed E-state index contributed by atoms with van der Waals surface area (Å²) in [5.74, 6) is -0.175. The van der Waals surface area contributed by atoms with Gasteiger partial charge in [0.1, 0.15) is 24.2 Å². The van der Waals surface area contributed by atoms with Crippen molar-refractivity contribution >= 4 is 11.9 Å². The van der Waals surface area contributed by atoms with Gasteiger partial charge >= 0.3 is 5.97 Å². The smallest absolute Gasteiger partial charge is 0.326 e. The Kier molecular flexibility index (Phi) is 5.57. The molecule has 2 N–H and O–H groups in total. The molecule has 7 heteroatoms. The van der Waals surface area contributed by atoms with Gasteiger partial charge < -0.3 is 19.7 Å². The van der Waals surface area contributed by atoms with Crippen molar-refractivity contribution in [3.8, 4) is 5.75 Å². The predicted molar refractivity (Wildman–Crippen MR) is 85.9 cm³/mol. The van der Waals surface area contributed by atoms with Crippen LogP contribution in [0.2, 0.25) is 0 Å². The molecule has 0 aliphatic rings. The maximum atomic E-state index is 12.0. The highest BCUT2D eigenvalue weighted by atomic mass is 16.5. The fraction of sp³-hybridized carbons (Fsp3) is 0.353. The lowest BCUT2D eigenvalue weighted by molar-refractivity contribution is -0.139. The first-order chi connectivity index (χ1) is 11.4. The van der Waals surface area contributed by atoms with Crippen molar-refractivity contribution in [3.05, 3.63) is 46.8 Å². The number of carboxylic acids is 1. The molecule has 2 rings (SSSR count). The molecule has 24 heavy (non-hydrogen) atoms. The molecule has 0 saturated carbocycles. The number of aliphatic carboxylic acids is 1. The molecule has 1 aromatic carbocycles. The van der Waals surface area contributed by atoms with Gasteiger partial charge in [0.15, 0.2) is 0 Å². The molecule has 1 heterocycles. The molecule has 0 aliphatic heterocycles. The number of aromatic nitrogens is 1. The van der Waals surface area contributed by atoms with Gasteiger partial charge in [-0.15, -0.1) is 0 Å². The van der Waals surface area contributed by atoms with E-state index in [0.29, 0.717) is 30.1 Å². The van der Waals surface area contributed by atoms with Crippen molar-refractivity contribution in [2.75, 3.05) is 0 Å². The second-order valence-corrected chi connectivity index (χ2v) is 5.39. The molecule has 1 amide bonds. The van der Waals surface area contributed by atoms with Crippen molar-refractivity contribution in [3.63, 3.8) is 0 Å². The van der Waals surface area contributed by atoms with Crippen LogP contribution in [0.3, 0.4) is 0 Å². The lowest BCUT2D eigenvalue weighted by atomic mass is 10.1. The van der Waals surface area contributed by atoms with E-state index in [1.165, 1.54) is 0 Å². The zero-order chi connectivity index (χ0) is 17.7. The Labute approximate surface area is 139 Å². The second-order valence-electron chi connectivity index (χ2n) is 5.39. The quantitative estimate of drug-likeness (QED) is 0.807. The predicted octanol–water partition coefficient (Wildman–Crippen LogP) is 2.46. The van der Waals surface area contributed by atoms with E-state index in [4.69, 9.17) is 14.4 Å². The van der Waals surface area contributed by atoms with Crippen molar-refractivity contribution in [1.82, 2.24) is 10.5 Å². The highest BCUT2D eigenvalue weighted by Crippen LogP contribution is 2.18. The monoisotopic (exact) mass is 332 g/mol. The summed E-state index contributed by atoms with van der Waals surface area (Å²) in [4.78, 5) is 23.0. The van der Waals surface area contributed by atoms with Gasteiger partial charge in [0.25, 0.3) is 5.91 Å². The van der Waals surface area contributed by atoms with Crippen molar-refractivity contribution < 1.29 is 24.0 Å². The third kappa shape index (κ3) is 4.13. The first-order valence-electron chi connectivity index (χ1n) is 7.60. The summed E-state index contributed by atoms with van der Waals surface area (Å²) in [5.41, 5.74) is 2.05. The van der Waals surface area contributed by atoms with Gasteiger partial charge in [-0.25, -0.2) is 4.79 Å². The van der Waals surface area contributed by atoms with Gasteiger partial charge in [-0.3, -0.25) is 4.79 Å². The Hall–Kier alpha value is -2.83. The van der Waals surface area contributed by atoms with E-state index in [1.54, 1.807) is 31.2 Å². The summed E-state index contributed by atoms with van der Waals surface area (Å²) in [7, 11) is 0. The van der Waals surface area contributed by atoms with E-state index < -0.39 is 17.9 Å². The highest BCUT2D eigenvalue weighted by molar-refractivity contribution is 5.96. The Morgan fingerprint density at radius 3 is 2.46 bits per heavy atom.